The van der Waals surface area contributed by atoms with Crippen LogP contribution < -0.4 is 5.73 Å². The summed E-state index contributed by atoms with van der Waals surface area (Å²) < 4.78 is 18.4. The van der Waals surface area contributed by atoms with E-state index in [1.54, 1.807) is 18.3 Å². The Morgan fingerprint density at radius 2 is 2.08 bits per heavy atom. The van der Waals surface area contributed by atoms with Gasteiger partial charge >= 0.3 is 0 Å². The zero-order chi connectivity index (χ0) is 18.5. The minimum atomic E-state index is -0.322. The van der Waals surface area contributed by atoms with E-state index in [1.807, 2.05) is 4.90 Å². The van der Waals surface area contributed by atoms with Crippen molar-refractivity contribution in [2.75, 3.05) is 13.1 Å². The molecule has 2 N–H and O–H groups in total. The van der Waals surface area contributed by atoms with Gasteiger partial charge < -0.3 is 15.2 Å². The number of nitrogens with zero attached hydrogens (tertiary/aromatic N) is 2. The number of rotatable bonds is 6. The first-order valence-electron chi connectivity index (χ1n) is 8.78. The largest absolute Gasteiger partial charge is 0.370 e. The number of hydrogen-bond donors (Lipinski definition) is 1. The van der Waals surface area contributed by atoms with Crippen LogP contribution in [0.15, 0.2) is 35.0 Å². The summed E-state index contributed by atoms with van der Waals surface area (Å²) >= 11 is 0. The molecule has 7 heteroatoms. The zero-order valence-corrected chi connectivity index (χ0v) is 14.5. The lowest BCUT2D eigenvalue weighted by Crippen LogP contribution is -2.41. The van der Waals surface area contributed by atoms with Crippen LogP contribution in [0, 0.1) is 11.7 Å². The fraction of sp³-hybridized carbons (Fsp3) is 0.421. The fourth-order valence-electron chi connectivity index (χ4n) is 3.42. The summed E-state index contributed by atoms with van der Waals surface area (Å²) in [5, 5.41) is 3.81. The molecule has 0 saturated carbocycles. The number of aromatic nitrogens is 1. The number of carbonyl (C=O) groups is 2. The number of carbonyl (C=O) groups excluding carboxylic acids is 2. The second-order valence-electron chi connectivity index (χ2n) is 6.71. The summed E-state index contributed by atoms with van der Waals surface area (Å²) in [6.07, 6.45) is 4.55. The molecule has 138 valence electrons. The molecule has 0 bridgehead atoms. The molecule has 3 rings (SSSR count). The summed E-state index contributed by atoms with van der Waals surface area (Å²) in [4.78, 5) is 25.4. The Kier molecular flexibility index (Phi) is 5.65. The first kappa shape index (κ1) is 18.1. The Morgan fingerprint density at radius 1 is 1.31 bits per heavy atom. The topological polar surface area (TPSA) is 89.4 Å². The van der Waals surface area contributed by atoms with Crippen LogP contribution in [0.3, 0.4) is 0 Å². The van der Waals surface area contributed by atoms with Gasteiger partial charge in [0.2, 0.25) is 11.8 Å². The summed E-state index contributed by atoms with van der Waals surface area (Å²) in [6, 6.07) is 5.97. The number of amides is 2. The van der Waals surface area contributed by atoms with Gasteiger partial charge in [0.1, 0.15) is 5.82 Å². The van der Waals surface area contributed by atoms with Crippen molar-refractivity contribution in [1.29, 1.82) is 0 Å². The molecule has 0 radical (unpaired) electrons. The summed E-state index contributed by atoms with van der Waals surface area (Å²) in [6.45, 7) is 1.29. The Labute approximate surface area is 151 Å². The monoisotopic (exact) mass is 359 g/mol. The molecule has 2 heterocycles. The van der Waals surface area contributed by atoms with Crippen LogP contribution in [0.25, 0.3) is 11.3 Å². The van der Waals surface area contributed by atoms with Gasteiger partial charge in [-0.3, -0.25) is 9.59 Å². The van der Waals surface area contributed by atoms with E-state index < -0.39 is 0 Å². The van der Waals surface area contributed by atoms with Crippen molar-refractivity contribution in [2.24, 2.45) is 11.7 Å². The normalized spacial score (nSPS) is 17.3. The number of benzene rings is 1. The molecule has 2 amide bonds. The van der Waals surface area contributed by atoms with Gasteiger partial charge in [0.15, 0.2) is 5.76 Å². The molecule has 0 spiro atoms. The van der Waals surface area contributed by atoms with Crippen molar-refractivity contribution in [1.82, 2.24) is 10.1 Å². The molecule has 1 aliphatic rings. The van der Waals surface area contributed by atoms with Crippen LogP contribution in [0.2, 0.25) is 0 Å². The number of primary amides is 1. The van der Waals surface area contributed by atoms with Crippen LogP contribution in [-0.4, -0.2) is 35.0 Å². The average molecular weight is 359 g/mol. The predicted octanol–water partition coefficient (Wildman–Crippen LogP) is 2.53. The SMILES string of the molecule is NC(=O)CC1CCCN(C(=O)CCc2cnoc2-c2ccc(F)cc2)C1. The van der Waals surface area contributed by atoms with Crippen LogP contribution in [0.5, 0.6) is 0 Å². The molecule has 1 atom stereocenters. The van der Waals surface area contributed by atoms with Gasteiger partial charge in [0.05, 0.1) is 6.20 Å². The van der Waals surface area contributed by atoms with Gasteiger partial charge in [0, 0.05) is 37.1 Å². The molecule has 26 heavy (non-hydrogen) atoms. The molecule has 1 fully saturated rings. The van der Waals surface area contributed by atoms with Gasteiger partial charge in [-0.05, 0) is 49.4 Å². The van der Waals surface area contributed by atoms with E-state index in [0.717, 1.165) is 24.0 Å². The third kappa shape index (κ3) is 4.47. The van der Waals surface area contributed by atoms with Crippen molar-refractivity contribution in [2.45, 2.75) is 32.1 Å². The molecule has 0 aliphatic carbocycles. The van der Waals surface area contributed by atoms with Crippen molar-refractivity contribution < 1.29 is 18.5 Å². The highest BCUT2D eigenvalue weighted by molar-refractivity contribution is 5.77. The molecule has 1 saturated heterocycles. The van der Waals surface area contributed by atoms with Crippen LogP contribution in [-0.2, 0) is 16.0 Å². The maximum Gasteiger partial charge on any atom is 0.222 e. The molecule has 1 unspecified atom stereocenters. The second-order valence-corrected chi connectivity index (χ2v) is 6.71. The Hall–Kier alpha value is -2.70. The van der Waals surface area contributed by atoms with E-state index in [9.17, 15) is 14.0 Å². The molecule has 6 nitrogen and oxygen atoms in total. The van der Waals surface area contributed by atoms with E-state index >= 15 is 0 Å². The standard InChI is InChI=1S/C19H22FN3O3/c20-16-6-3-14(4-7-16)19-15(11-22-26-19)5-8-18(25)23-9-1-2-13(12-23)10-17(21)24/h3-4,6-7,11,13H,1-2,5,8-10,12H2,(H2,21,24). The van der Waals surface area contributed by atoms with E-state index in [0.29, 0.717) is 38.1 Å². The first-order chi connectivity index (χ1) is 12.5. The van der Waals surface area contributed by atoms with E-state index in [1.165, 1.54) is 12.1 Å². The number of aryl methyl sites for hydroxylation is 1. The summed E-state index contributed by atoms with van der Waals surface area (Å²) in [5.41, 5.74) is 6.81. The molecular weight excluding hydrogens is 337 g/mol. The average Bonchev–Trinajstić information content (AvgIpc) is 3.08. The van der Waals surface area contributed by atoms with Gasteiger partial charge in [-0.2, -0.15) is 0 Å². The molecule has 1 aromatic carbocycles. The fourth-order valence-corrected chi connectivity index (χ4v) is 3.42. The Morgan fingerprint density at radius 3 is 2.81 bits per heavy atom. The van der Waals surface area contributed by atoms with Gasteiger partial charge in [-0.25, -0.2) is 4.39 Å². The number of halogens is 1. The zero-order valence-electron chi connectivity index (χ0n) is 14.5. The minimum Gasteiger partial charge on any atom is -0.370 e. The van der Waals surface area contributed by atoms with Crippen LogP contribution >= 0.6 is 0 Å². The predicted molar refractivity (Wildman–Crippen MR) is 93.3 cm³/mol. The lowest BCUT2D eigenvalue weighted by atomic mass is 9.94. The van der Waals surface area contributed by atoms with Crippen LogP contribution in [0.4, 0.5) is 4.39 Å². The van der Waals surface area contributed by atoms with Crippen molar-refractivity contribution in [3.05, 3.63) is 41.8 Å². The first-order valence-corrected chi connectivity index (χ1v) is 8.78. The lowest BCUT2D eigenvalue weighted by molar-refractivity contribution is -0.133. The van der Waals surface area contributed by atoms with Gasteiger partial charge in [-0.15, -0.1) is 0 Å². The molecular formula is C19H22FN3O3. The van der Waals surface area contributed by atoms with Crippen molar-refractivity contribution >= 4 is 11.8 Å². The van der Waals surface area contributed by atoms with Crippen molar-refractivity contribution in [3.8, 4) is 11.3 Å². The van der Waals surface area contributed by atoms with E-state index in [2.05, 4.69) is 5.16 Å². The van der Waals surface area contributed by atoms with E-state index in [-0.39, 0.29) is 23.5 Å². The maximum absolute atomic E-state index is 13.1. The Balaban J connectivity index is 1.59. The van der Waals surface area contributed by atoms with Crippen molar-refractivity contribution in [3.63, 3.8) is 0 Å². The number of likely N-dealkylation sites (tertiary alicyclic amines) is 1. The number of hydrogen-bond acceptors (Lipinski definition) is 4. The van der Waals surface area contributed by atoms with Crippen LogP contribution in [0.1, 0.15) is 31.2 Å². The summed E-state index contributed by atoms with van der Waals surface area (Å²) in [5.74, 6) is 0.113. The lowest BCUT2D eigenvalue weighted by Gasteiger charge is -2.32. The highest BCUT2D eigenvalue weighted by Crippen LogP contribution is 2.25. The summed E-state index contributed by atoms with van der Waals surface area (Å²) in [7, 11) is 0. The number of piperidine rings is 1. The third-order valence-electron chi connectivity index (χ3n) is 4.72. The maximum atomic E-state index is 13.1. The highest BCUT2D eigenvalue weighted by Gasteiger charge is 2.25. The highest BCUT2D eigenvalue weighted by atomic mass is 19.1. The quantitative estimate of drug-likeness (QED) is 0.858. The van der Waals surface area contributed by atoms with Gasteiger partial charge in [-0.1, -0.05) is 5.16 Å². The molecule has 1 aromatic heterocycles. The minimum absolute atomic E-state index is 0.0467. The number of nitrogens with two attached hydrogens (primary N) is 1. The second kappa shape index (κ2) is 8.12. The smallest absolute Gasteiger partial charge is 0.222 e. The van der Waals surface area contributed by atoms with Gasteiger partial charge in [0.25, 0.3) is 0 Å². The Bertz CT molecular complexity index is 773. The molecule has 2 aromatic rings. The third-order valence-corrected chi connectivity index (χ3v) is 4.72. The van der Waals surface area contributed by atoms with E-state index in [4.69, 9.17) is 10.3 Å². The molecule has 1 aliphatic heterocycles.